The number of halogens is 3. The summed E-state index contributed by atoms with van der Waals surface area (Å²) in [5, 5.41) is 1.04. The fourth-order valence-corrected chi connectivity index (χ4v) is 4.38. The normalized spacial score (nSPS) is 19.6. The number of fused-ring (bicyclic) bond motifs is 3. The van der Waals surface area contributed by atoms with Gasteiger partial charge in [-0.2, -0.15) is 13.2 Å². The van der Waals surface area contributed by atoms with Crippen LogP contribution in [0.2, 0.25) is 0 Å². The number of rotatable bonds is 3. The predicted octanol–water partition coefficient (Wildman–Crippen LogP) is 4.44. The minimum Gasteiger partial charge on any atom is -0.383 e. The highest BCUT2D eigenvalue weighted by Crippen LogP contribution is 2.34. The Hall–Kier alpha value is -2.68. The lowest BCUT2D eigenvalue weighted by Crippen LogP contribution is -2.39. The van der Waals surface area contributed by atoms with Gasteiger partial charge in [0.2, 0.25) is 0 Å². The number of morpholine rings is 1. The Bertz CT molecular complexity index is 1120. The molecular weight excluding hydrogens is 407 g/mol. The van der Waals surface area contributed by atoms with Crippen LogP contribution in [-0.4, -0.2) is 29.6 Å². The molecule has 31 heavy (non-hydrogen) atoms. The zero-order chi connectivity index (χ0) is 21.6. The highest BCUT2D eigenvalue weighted by Gasteiger charge is 2.31. The molecule has 3 aromatic rings. The fourth-order valence-electron chi connectivity index (χ4n) is 4.38. The van der Waals surface area contributed by atoms with E-state index in [2.05, 4.69) is 16.0 Å². The van der Waals surface area contributed by atoms with Crippen molar-refractivity contribution in [3.05, 3.63) is 70.3 Å². The molecule has 2 aliphatic rings. The number of nitrogen functional groups attached to an aromatic ring is 1. The summed E-state index contributed by atoms with van der Waals surface area (Å²) >= 11 is 0. The van der Waals surface area contributed by atoms with Gasteiger partial charge in [0, 0.05) is 24.0 Å². The third-order valence-corrected chi connectivity index (χ3v) is 6.04. The highest BCUT2D eigenvalue weighted by atomic mass is 19.4. The van der Waals surface area contributed by atoms with Gasteiger partial charge >= 0.3 is 6.18 Å². The molecule has 2 aromatic carbocycles. The Morgan fingerprint density at radius 3 is 2.58 bits per heavy atom. The first-order chi connectivity index (χ1) is 14.9. The average molecular weight is 429 g/mol. The molecule has 0 spiro atoms. The van der Waals surface area contributed by atoms with Gasteiger partial charge in [-0.25, -0.2) is 4.98 Å². The molecule has 3 heterocycles. The topological polar surface area (TPSA) is 60.6 Å². The molecule has 1 saturated heterocycles. The van der Waals surface area contributed by atoms with Crippen LogP contribution in [0, 0.1) is 0 Å². The van der Waals surface area contributed by atoms with E-state index in [1.54, 1.807) is 12.1 Å². The number of alkyl halides is 3. The summed E-state index contributed by atoms with van der Waals surface area (Å²) in [6, 6.07) is 11.4. The Balaban J connectivity index is 1.42. The molecule has 5 nitrogen and oxygen atoms in total. The maximum absolute atomic E-state index is 12.9. The van der Waals surface area contributed by atoms with E-state index in [1.807, 2.05) is 12.1 Å². The van der Waals surface area contributed by atoms with Gasteiger partial charge < -0.3 is 15.2 Å². The molecule has 1 atom stereocenters. The van der Waals surface area contributed by atoms with Crippen LogP contribution < -0.4 is 5.73 Å². The Kier molecular flexibility index (Phi) is 5.08. The van der Waals surface area contributed by atoms with Crippen molar-refractivity contribution in [1.82, 2.24) is 9.88 Å². The van der Waals surface area contributed by atoms with Crippen LogP contribution in [0.1, 0.15) is 33.9 Å². The number of nitrogens with zero attached hydrogens (tertiary/aromatic N) is 2. The summed E-state index contributed by atoms with van der Waals surface area (Å²) < 4.78 is 50.0. The summed E-state index contributed by atoms with van der Waals surface area (Å²) in [7, 11) is 0. The summed E-state index contributed by atoms with van der Waals surface area (Å²) in [6.45, 7) is 3.39. The average Bonchev–Trinajstić information content (AvgIpc) is 3.25. The number of pyridine rings is 1. The molecule has 2 aliphatic heterocycles. The van der Waals surface area contributed by atoms with Crippen LogP contribution in [0.4, 0.5) is 19.0 Å². The molecule has 0 unspecified atom stereocenters. The number of hydrogen-bond acceptors (Lipinski definition) is 5. The quantitative estimate of drug-likeness (QED) is 0.667. The lowest BCUT2D eigenvalue weighted by Gasteiger charge is -2.36. The van der Waals surface area contributed by atoms with Gasteiger partial charge in [0.1, 0.15) is 5.82 Å². The molecular formula is C23H22F3N3O2. The van der Waals surface area contributed by atoms with Crippen LogP contribution in [0.25, 0.3) is 10.9 Å². The van der Waals surface area contributed by atoms with Gasteiger partial charge in [-0.15, -0.1) is 0 Å². The van der Waals surface area contributed by atoms with Gasteiger partial charge in [-0.1, -0.05) is 18.2 Å². The molecule has 162 valence electrons. The van der Waals surface area contributed by atoms with Gasteiger partial charge in [0.05, 0.1) is 43.5 Å². The summed E-state index contributed by atoms with van der Waals surface area (Å²) in [5.74, 6) is 0.517. The van der Waals surface area contributed by atoms with Crippen molar-refractivity contribution in [3.8, 4) is 0 Å². The number of benzene rings is 2. The van der Waals surface area contributed by atoms with Crippen molar-refractivity contribution in [2.75, 3.05) is 25.5 Å². The first kappa shape index (κ1) is 20.2. The van der Waals surface area contributed by atoms with E-state index < -0.39 is 11.7 Å². The second-order valence-corrected chi connectivity index (χ2v) is 7.98. The molecule has 8 heteroatoms. The third-order valence-electron chi connectivity index (χ3n) is 6.04. The Labute approximate surface area is 177 Å². The van der Waals surface area contributed by atoms with Crippen LogP contribution >= 0.6 is 0 Å². The lowest BCUT2D eigenvalue weighted by atomic mass is 10.00. The van der Waals surface area contributed by atoms with Crippen molar-refractivity contribution in [1.29, 1.82) is 0 Å². The number of anilines is 1. The first-order valence-electron chi connectivity index (χ1n) is 10.2. The summed E-state index contributed by atoms with van der Waals surface area (Å²) in [6.07, 6.45) is -4.34. The first-order valence-corrected chi connectivity index (χ1v) is 10.2. The maximum Gasteiger partial charge on any atom is 0.416 e. The van der Waals surface area contributed by atoms with Crippen LogP contribution in [0.3, 0.4) is 0 Å². The van der Waals surface area contributed by atoms with Gasteiger partial charge in [-0.3, -0.25) is 4.90 Å². The smallest absolute Gasteiger partial charge is 0.383 e. The van der Waals surface area contributed by atoms with E-state index in [1.165, 1.54) is 0 Å². The molecule has 1 aromatic heterocycles. The monoisotopic (exact) mass is 429 g/mol. The van der Waals surface area contributed by atoms with Crippen molar-refractivity contribution in [2.24, 2.45) is 0 Å². The number of aromatic nitrogens is 1. The number of hydrogen-bond donors (Lipinski definition) is 1. The second-order valence-electron chi connectivity index (χ2n) is 7.98. The Morgan fingerprint density at radius 1 is 1.03 bits per heavy atom. The van der Waals surface area contributed by atoms with E-state index in [9.17, 15) is 13.2 Å². The molecule has 1 fully saturated rings. The van der Waals surface area contributed by atoms with Crippen LogP contribution in [0.5, 0.6) is 0 Å². The number of ether oxygens (including phenoxy) is 2. The molecule has 0 amide bonds. The van der Waals surface area contributed by atoms with Gasteiger partial charge in [0.25, 0.3) is 0 Å². The minimum atomic E-state index is -4.34. The standard InChI is InChI=1S/C23H22F3N3O2/c24-23(25,26)16-4-2-15(3-5-16)21-13-30-8-7-29(21)10-14-1-6-20-17(9-14)18-11-31-12-19(18)22(27)28-20/h1-6,9,21H,7-8,10-13H2,(H2,27,28)/t21-/m1/s1. The molecule has 0 aliphatic carbocycles. The minimum absolute atomic E-state index is 0.106. The van der Waals surface area contributed by atoms with Crippen molar-refractivity contribution in [2.45, 2.75) is 32.0 Å². The van der Waals surface area contributed by atoms with E-state index >= 15 is 0 Å². The van der Waals surface area contributed by atoms with Crippen molar-refractivity contribution in [3.63, 3.8) is 0 Å². The largest absolute Gasteiger partial charge is 0.416 e. The SMILES string of the molecule is Nc1nc2ccc(CN3CCOC[C@@H]3c3ccc(C(F)(F)F)cc3)cc2c2c1COC2. The molecule has 0 bridgehead atoms. The Morgan fingerprint density at radius 2 is 1.81 bits per heavy atom. The fraction of sp³-hybridized carbons (Fsp3) is 0.348. The van der Waals surface area contributed by atoms with E-state index in [0.29, 0.717) is 45.3 Å². The van der Waals surface area contributed by atoms with Crippen LogP contribution in [-0.2, 0) is 35.4 Å². The number of nitrogens with two attached hydrogens (primary N) is 1. The zero-order valence-electron chi connectivity index (χ0n) is 16.8. The van der Waals surface area contributed by atoms with Gasteiger partial charge in [-0.05, 0) is 41.0 Å². The van der Waals surface area contributed by atoms with Gasteiger partial charge in [0.15, 0.2) is 0 Å². The van der Waals surface area contributed by atoms with Crippen molar-refractivity contribution >= 4 is 16.7 Å². The summed E-state index contributed by atoms with van der Waals surface area (Å²) in [5.41, 5.74) is 10.2. The molecule has 0 radical (unpaired) electrons. The second kappa shape index (κ2) is 7.78. The van der Waals surface area contributed by atoms with E-state index in [4.69, 9.17) is 15.2 Å². The summed E-state index contributed by atoms with van der Waals surface area (Å²) in [4.78, 5) is 6.74. The van der Waals surface area contributed by atoms with E-state index in [0.717, 1.165) is 45.3 Å². The molecule has 5 rings (SSSR count). The highest BCUT2D eigenvalue weighted by molar-refractivity contribution is 5.86. The van der Waals surface area contributed by atoms with Crippen LogP contribution in [0.15, 0.2) is 42.5 Å². The lowest BCUT2D eigenvalue weighted by molar-refractivity contribution is -0.137. The maximum atomic E-state index is 12.9. The zero-order valence-corrected chi connectivity index (χ0v) is 16.8. The molecule has 2 N–H and O–H groups in total. The third kappa shape index (κ3) is 3.86. The predicted molar refractivity (Wildman–Crippen MR) is 110 cm³/mol. The van der Waals surface area contributed by atoms with Crippen molar-refractivity contribution < 1.29 is 22.6 Å². The molecule has 0 saturated carbocycles. The van der Waals surface area contributed by atoms with E-state index in [-0.39, 0.29) is 6.04 Å².